The lowest BCUT2D eigenvalue weighted by atomic mass is 10.4. The summed E-state index contributed by atoms with van der Waals surface area (Å²) < 4.78 is 11.0. The second kappa shape index (κ2) is 6.34. The van der Waals surface area contributed by atoms with Crippen molar-refractivity contribution in [2.45, 2.75) is 26.2 Å². The Morgan fingerprint density at radius 2 is 2.09 bits per heavy atom. The molecule has 0 aliphatic carbocycles. The average Bonchev–Trinajstić information content (AvgIpc) is 1.97. The molecule has 11 heavy (non-hydrogen) atoms. The van der Waals surface area contributed by atoms with E-state index in [0.29, 0.717) is 11.5 Å². The molecule has 0 aliphatic heterocycles. The Balaban J connectivity index is 3.30. The molecule has 3 nitrogen and oxygen atoms in total. The molecule has 0 radical (unpaired) electrons. The lowest BCUT2D eigenvalue weighted by molar-refractivity contribution is -0.136. The van der Waals surface area contributed by atoms with Gasteiger partial charge in [0.05, 0.1) is 6.42 Å². The van der Waals surface area contributed by atoms with Gasteiger partial charge in [-0.3, -0.25) is 9.00 Å². The molecule has 0 fully saturated rings. The summed E-state index contributed by atoms with van der Waals surface area (Å²) in [6.07, 6.45) is 1.96. The molecule has 0 heterocycles. The summed E-state index contributed by atoms with van der Waals surface area (Å²) in [6.45, 7) is 2.02. The highest BCUT2D eigenvalue weighted by molar-refractivity contribution is 7.84. The molecular formula is C7H14O3S. The first-order chi connectivity index (χ1) is 5.16. The molecule has 1 N–H and O–H groups in total. The Kier molecular flexibility index (Phi) is 6.12. The van der Waals surface area contributed by atoms with Crippen molar-refractivity contribution in [3.63, 3.8) is 0 Å². The molecule has 1 atom stereocenters. The van der Waals surface area contributed by atoms with Crippen LogP contribution in [0.15, 0.2) is 0 Å². The Hall–Kier alpha value is -0.380. The van der Waals surface area contributed by atoms with Crippen LogP contribution in [0.5, 0.6) is 0 Å². The molecule has 0 bridgehead atoms. The van der Waals surface area contributed by atoms with E-state index in [0.717, 1.165) is 12.8 Å². The van der Waals surface area contributed by atoms with Gasteiger partial charge in [-0.15, -0.1) is 0 Å². The van der Waals surface area contributed by atoms with E-state index in [1.807, 2.05) is 6.92 Å². The van der Waals surface area contributed by atoms with Gasteiger partial charge in [-0.1, -0.05) is 13.3 Å². The molecule has 0 amide bonds. The molecule has 0 saturated heterocycles. The SMILES string of the molecule is CCCC[S@@](=O)CCC(=O)O. The van der Waals surface area contributed by atoms with Crippen LogP contribution in [0.1, 0.15) is 26.2 Å². The summed E-state index contributed by atoms with van der Waals surface area (Å²) in [6, 6.07) is 0. The monoisotopic (exact) mass is 178 g/mol. The van der Waals surface area contributed by atoms with Crippen LogP contribution in [-0.2, 0) is 15.6 Å². The Bertz CT molecular complexity index is 145. The van der Waals surface area contributed by atoms with Crippen molar-refractivity contribution in [2.75, 3.05) is 11.5 Å². The highest BCUT2D eigenvalue weighted by atomic mass is 32.2. The Labute approximate surface area is 69.3 Å². The van der Waals surface area contributed by atoms with Crippen molar-refractivity contribution in [1.29, 1.82) is 0 Å². The standard InChI is InChI=1S/C7H14O3S/c1-2-3-5-11(10)6-4-7(8)9/h2-6H2,1H3,(H,8,9)/t11-/m1/s1. The second-order valence-corrected chi connectivity index (χ2v) is 4.04. The summed E-state index contributed by atoms with van der Waals surface area (Å²) in [5.74, 6) is 0.0777. The van der Waals surface area contributed by atoms with Crippen molar-refractivity contribution in [3.8, 4) is 0 Å². The first-order valence-corrected chi connectivity index (χ1v) is 5.22. The molecule has 0 rings (SSSR count). The number of carboxylic acids is 1. The highest BCUT2D eigenvalue weighted by Crippen LogP contribution is 1.94. The Morgan fingerprint density at radius 1 is 1.45 bits per heavy atom. The third-order valence-corrected chi connectivity index (χ3v) is 2.67. The number of hydrogen-bond donors (Lipinski definition) is 1. The lowest BCUT2D eigenvalue weighted by Crippen LogP contribution is -2.07. The summed E-state index contributed by atoms with van der Waals surface area (Å²) in [4.78, 5) is 10.0. The average molecular weight is 178 g/mol. The van der Waals surface area contributed by atoms with E-state index in [1.165, 1.54) is 0 Å². The van der Waals surface area contributed by atoms with Crippen LogP contribution in [0.2, 0.25) is 0 Å². The zero-order chi connectivity index (χ0) is 8.69. The van der Waals surface area contributed by atoms with Gasteiger partial charge in [0.15, 0.2) is 0 Å². The number of carboxylic acid groups (broad SMARTS) is 1. The minimum absolute atomic E-state index is 0.0241. The van der Waals surface area contributed by atoms with Gasteiger partial charge >= 0.3 is 5.97 Å². The van der Waals surface area contributed by atoms with Crippen molar-refractivity contribution in [1.82, 2.24) is 0 Å². The molecule has 0 aromatic rings. The van der Waals surface area contributed by atoms with E-state index in [-0.39, 0.29) is 6.42 Å². The second-order valence-electron chi connectivity index (χ2n) is 2.35. The minimum Gasteiger partial charge on any atom is -0.481 e. The van der Waals surface area contributed by atoms with Crippen LogP contribution in [0.3, 0.4) is 0 Å². The highest BCUT2D eigenvalue weighted by Gasteiger charge is 2.02. The first kappa shape index (κ1) is 10.6. The fourth-order valence-corrected chi connectivity index (χ4v) is 1.83. The van der Waals surface area contributed by atoms with Crippen LogP contribution < -0.4 is 0 Å². The van der Waals surface area contributed by atoms with Crippen LogP contribution in [-0.4, -0.2) is 26.8 Å². The number of rotatable bonds is 6. The van der Waals surface area contributed by atoms with Gasteiger partial charge in [-0.05, 0) is 6.42 Å². The van der Waals surface area contributed by atoms with Crippen LogP contribution in [0.4, 0.5) is 0 Å². The smallest absolute Gasteiger partial charge is 0.304 e. The van der Waals surface area contributed by atoms with E-state index in [4.69, 9.17) is 5.11 Å². The number of carbonyl (C=O) groups is 1. The normalized spacial score (nSPS) is 12.8. The summed E-state index contributed by atoms with van der Waals surface area (Å²) in [5.41, 5.74) is 0. The topological polar surface area (TPSA) is 54.4 Å². The van der Waals surface area contributed by atoms with E-state index in [2.05, 4.69) is 0 Å². The Morgan fingerprint density at radius 3 is 2.55 bits per heavy atom. The lowest BCUT2D eigenvalue weighted by Gasteiger charge is -1.96. The van der Waals surface area contributed by atoms with Gasteiger partial charge in [0.1, 0.15) is 0 Å². The number of unbranched alkanes of at least 4 members (excludes halogenated alkanes) is 1. The maximum absolute atomic E-state index is 11.0. The summed E-state index contributed by atoms with van der Waals surface area (Å²) >= 11 is 0. The van der Waals surface area contributed by atoms with Gasteiger partial charge in [0.2, 0.25) is 0 Å². The molecule has 0 aliphatic rings. The fourth-order valence-electron chi connectivity index (χ4n) is 0.609. The van der Waals surface area contributed by atoms with E-state index < -0.39 is 16.8 Å². The number of aliphatic carboxylic acids is 1. The predicted molar refractivity (Wildman–Crippen MR) is 45.0 cm³/mol. The quantitative estimate of drug-likeness (QED) is 0.660. The van der Waals surface area contributed by atoms with Crippen molar-refractivity contribution >= 4 is 16.8 Å². The third-order valence-electron chi connectivity index (χ3n) is 1.27. The fraction of sp³-hybridized carbons (Fsp3) is 0.857. The summed E-state index contributed by atoms with van der Waals surface area (Å²) in [7, 11) is -0.921. The van der Waals surface area contributed by atoms with Crippen molar-refractivity contribution in [3.05, 3.63) is 0 Å². The molecule has 0 saturated carbocycles. The molecule has 0 unspecified atom stereocenters. The van der Waals surface area contributed by atoms with Gasteiger partial charge in [-0.2, -0.15) is 0 Å². The van der Waals surface area contributed by atoms with Crippen LogP contribution in [0, 0.1) is 0 Å². The summed E-state index contributed by atoms with van der Waals surface area (Å²) in [5, 5.41) is 8.25. The molecule has 4 heteroatoms. The minimum atomic E-state index is -0.921. The molecule has 0 aromatic carbocycles. The third kappa shape index (κ3) is 7.52. The van der Waals surface area contributed by atoms with Gasteiger partial charge < -0.3 is 5.11 Å². The zero-order valence-electron chi connectivity index (χ0n) is 6.71. The largest absolute Gasteiger partial charge is 0.481 e. The molecule has 0 spiro atoms. The van der Waals surface area contributed by atoms with E-state index in [9.17, 15) is 9.00 Å². The van der Waals surface area contributed by atoms with Crippen molar-refractivity contribution < 1.29 is 14.1 Å². The van der Waals surface area contributed by atoms with E-state index >= 15 is 0 Å². The zero-order valence-corrected chi connectivity index (χ0v) is 7.52. The van der Waals surface area contributed by atoms with Crippen molar-refractivity contribution in [2.24, 2.45) is 0 Å². The van der Waals surface area contributed by atoms with Crippen LogP contribution in [0.25, 0.3) is 0 Å². The van der Waals surface area contributed by atoms with Crippen LogP contribution >= 0.6 is 0 Å². The number of hydrogen-bond acceptors (Lipinski definition) is 2. The molecule has 0 aromatic heterocycles. The van der Waals surface area contributed by atoms with Gasteiger partial charge in [-0.25, -0.2) is 0 Å². The maximum Gasteiger partial charge on any atom is 0.304 e. The van der Waals surface area contributed by atoms with Gasteiger partial charge in [0, 0.05) is 22.3 Å². The maximum atomic E-state index is 11.0. The molecular weight excluding hydrogens is 164 g/mol. The molecule has 66 valence electrons. The van der Waals surface area contributed by atoms with E-state index in [1.54, 1.807) is 0 Å². The first-order valence-electron chi connectivity index (χ1n) is 3.73. The predicted octanol–water partition coefficient (Wildman–Crippen LogP) is 1.01. The van der Waals surface area contributed by atoms with Gasteiger partial charge in [0.25, 0.3) is 0 Å².